The molecular formula is C84H106F10N12O12S3. The molecule has 18 heterocycles. The largest absolute Gasteiger partial charge is 0.480 e. The number of carbonyl (C=O) groups excluding carboxylic acids is 5. The molecule has 5 amide bonds. The van der Waals surface area contributed by atoms with Crippen LogP contribution in [0.4, 0.5) is 75.3 Å². The van der Waals surface area contributed by atoms with Gasteiger partial charge in [-0.15, -0.1) is 34.0 Å². The minimum absolute atomic E-state index is 0.157. The quantitative estimate of drug-likeness (QED) is 0.0774. The number of halogens is 10. The molecule has 3 saturated carbocycles. The SMILES string of the molecule is CC(C)(C)OC(=O)N1[C@H]2CC[C@H]([C@H](O)C2)[C@H]1C(=O)O.CCc1cc2c(N3CC4(CN(C(=O)[C@@H]5[C@@H]6CC[C@@H](C[C@@H]6F)N5C(=O)OC(C)(C)C)C4)C3)c(C(F)(F)F)cnc2s1.CCc1cc2c(N3CC4(CN(C(=O)[C@@H]5[C@@H]6CC[C@@H](C[C@H]6O)N5C(=O)OC(C)(C)C)C4)C3)c(C(F)(F)F)cnc2s1.CCc1cc2c(N3CC4(CNC4)C3)c(C(F)(F)F)cnc2s1. The molecule has 4 N–H and O–H groups in total. The average molecular weight is 1760 g/mol. The number of anilines is 3. The molecule has 12 atom stereocenters. The van der Waals surface area contributed by atoms with E-state index in [4.69, 9.17) is 14.2 Å². The number of thiophene rings is 3. The van der Waals surface area contributed by atoms with Crippen LogP contribution in [-0.4, -0.2) is 241 Å². The molecule has 0 unspecified atom stereocenters. The number of aliphatic hydroxyl groups is 2. The molecule has 6 bridgehead atoms. The van der Waals surface area contributed by atoms with Crippen molar-refractivity contribution < 1.29 is 102 Å². The predicted octanol–water partition coefficient (Wildman–Crippen LogP) is 14.8. The molecule has 662 valence electrons. The Balaban J connectivity index is 0.000000132. The van der Waals surface area contributed by atoms with E-state index in [1.54, 1.807) is 88.0 Å². The summed E-state index contributed by atoms with van der Waals surface area (Å²) in [6.07, 6.45) is -7.53. The van der Waals surface area contributed by atoms with E-state index in [9.17, 15) is 88.0 Å². The Hall–Kier alpha value is -7.87. The van der Waals surface area contributed by atoms with Gasteiger partial charge in [0.25, 0.3) is 0 Å². The molecule has 0 radical (unpaired) electrons. The number of nitrogens with one attached hydrogen (secondary N) is 1. The summed E-state index contributed by atoms with van der Waals surface area (Å²) in [6, 6.07) is 1.93. The van der Waals surface area contributed by atoms with E-state index in [-0.39, 0.29) is 69.9 Å². The zero-order valence-electron chi connectivity index (χ0n) is 69.8. The molecule has 15 fully saturated rings. The number of aromatic nitrogens is 3. The lowest BCUT2D eigenvalue weighted by molar-refractivity contribution is -0.166. The van der Waals surface area contributed by atoms with Crippen LogP contribution in [0.15, 0.2) is 36.8 Å². The zero-order valence-corrected chi connectivity index (χ0v) is 72.3. The number of fused-ring (bicyclic) bond motifs is 12. The first-order chi connectivity index (χ1) is 56.5. The number of hydrogen-bond acceptors (Lipinski definition) is 21. The smallest absolute Gasteiger partial charge is 0.419 e. The number of aliphatic carboxylic acids is 1. The Bertz CT molecular complexity index is 4760. The van der Waals surface area contributed by atoms with E-state index >= 15 is 0 Å². The maximum Gasteiger partial charge on any atom is 0.419 e. The molecular weight excluding hydrogens is 1660 g/mol. The zero-order chi connectivity index (χ0) is 87.5. The first kappa shape index (κ1) is 88.0. The van der Waals surface area contributed by atoms with E-state index in [1.165, 1.54) is 48.7 Å². The van der Waals surface area contributed by atoms with Gasteiger partial charge in [-0.3, -0.25) is 24.3 Å². The van der Waals surface area contributed by atoms with Gasteiger partial charge in [0, 0.05) is 180 Å². The molecule has 37 heteroatoms. The van der Waals surface area contributed by atoms with Crippen molar-refractivity contribution in [2.45, 2.75) is 250 Å². The summed E-state index contributed by atoms with van der Waals surface area (Å²) in [5.41, 5.74) is -3.99. The minimum Gasteiger partial charge on any atom is -0.480 e. The fourth-order valence-corrected chi connectivity index (χ4v) is 23.4. The molecule has 6 aromatic heterocycles. The maximum absolute atomic E-state index is 15.0. The number of piperidine rings is 6. The molecule has 24 nitrogen and oxygen atoms in total. The first-order valence-corrected chi connectivity index (χ1v) is 44.2. The number of nitrogens with zero attached hydrogens (tertiary/aromatic N) is 11. The van der Waals surface area contributed by atoms with Gasteiger partial charge in [-0.25, -0.2) is 38.5 Å². The Morgan fingerprint density at radius 3 is 1.02 bits per heavy atom. The summed E-state index contributed by atoms with van der Waals surface area (Å²) in [5, 5.41) is 34.8. The Morgan fingerprint density at radius 2 is 0.744 bits per heavy atom. The van der Waals surface area contributed by atoms with Gasteiger partial charge in [-0.05, 0) is 158 Å². The number of hydrogen-bond donors (Lipinski definition) is 4. The lowest BCUT2D eigenvalue weighted by atomic mass is 9.69. The molecule has 21 rings (SSSR count). The van der Waals surface area contributed by atoms with Crippen molar-refractivity contribution >= 4 is 118 Å². The van der Waals surface area contributed by atoms with Gasteiger partial charge < -0.3 is 59.3 Å². The molecule has 15 aliphatic rings. The van der Waals surface area contributed by atoms with Gasteiger partial charge in [0.1, 0.15) is 55.6 Å². The van der Waals surface area contributed by atoms with Crippen LogP contribution in [0, 0.1) is 34.0 Å². The highest BCUT2D eigenvalue weighted by atomic mass is 32.1. The number of carboxylic acids is 1. The lowest BCUT2D eigenvalue weighted by Gasteiger charge is -2.62. The van der Waals surface area contributed by atoms with Gasteiger partial charge >= 0.3 is 42.8 Å². The molecule has 0 aromatic carbocycles. The van der Waals surface area contributed by atoms with Gasteiger partial charge in [0.15, 0.2) is 0 Å². The number of carbonyl (C=O) groups is 6. The topological polar surface area (TPSA) is 267 Å². The van der Waals surface area contributed by atoms with Crippen LogP contribution in [0.25, 0.3) is 30.6 Å². The van der Waals surface area contributed by atoms with Crippen molar-refractivity contribution in [2.24, 2.45) is 34.0 Å². The third-order valence-corrected chi connectivity index (χ3v) is 29.5. The van der Waals surface area contributed by atoms with E-state index in [0.717, 1.165) is 65.6 Å². The molecule has 12 saturated heterocycles. The second-order valence-electron chi connectivity index (χ2n) is 38.3. The van der Waals surface area contributed by atoms with Crippen LogP contribution in [0.2, 0.25) is 0 Å². The summed E-state index contributed by atoms with van der Waals surface area (Å²) in [4.78, 5) is 107. The van der Waals surface area contributed by atoms with Gasteiger partial charge in [-0.2, -0.15) is 39.5 Å². The molecule has 3 spiro atoms. The van der Waals surface area contributed by atoms with Crippen LogP contribution in [0.3, 0.4) is 0 Å². The summed E-state index contributed by atoms with van der Waals surface area (Å²) < 4.78 is 155. The number of alkyl halides is 10. The van der Waals surface area contributed by atoms with Crippen LogP contribution in [0.5, 0.6) is 0 Å². The Kier molecular flexibility index (Phi) is 23.0. The van der Waals surface area contributed by atoms with Gasteiger partial charge in [-0.1, -0.05) is 20.8 Å². The van der Waals surface area contributed by atoms with E-state index < -0.39 is 125 Å². The van der Waals surface area contributed by atoms with Crippen molar-refractivity contribution in [3.05, 3.63) is 68.1 Å². The summed E-state index contributed by atoms with van der Waals surface area (Å²) >= 11 is 4.30. The number of likely N-dealkylation sites (tertiary alicyclic amines) is 2. The highest BCUT2D eigenvalue weighted by Crippen LogP contribution is 2.55. The summed E-state index contributed by atoms with van der Waals surface area (Å²) in [5.74, 6) is -2.90. The van der Waals surface area contributed by atoms with Crippen molar-refractivity contribution in [2.75, 3.05) is 93.2 Å². The Morgan fingerprint density at radius 1 is 0.446 bits per heavy atom. The van der Waals surface area contributed by atoms with Crippen molar-refractivity contribution in [3.63, 3.8) is 0 Å². The van der Waals surface area contributed by atoms with E-state index in [2.05, 4.69) is 20.3 Å². The monoisotopic (exact) mass is 1760 g/mol. The molecule has 6 aromatic rings. The number of rotatable bonds is 9. The van der Waals surface area contributed by atoms with Crippen LogP contribution >= 0.6 is 34.0 Å². The normalized spacial score (nSPS) is 27.3. The van der Waals surface area contributed by atoms with E-state index in [1.807, 2.05) is 37.8 Å². The number of carboxylic acid groups (broad SMARTS) is 1. The van der Waals surface area contributed by atoms with Gasteiger partial charge in [0.2, 0.25) is 11.8 Å². The number of ether oxygens (including phenoxy) is 3. The minimum atomic E-state index is -4.54. The van der Waals surface area contributed by atoms with Gasteiger partial charge in [0.05, 0.1) is 46.0 Å². The second-order valence-corrected chi connectivity index (χ2v) is 41.7. The standard InChI is InChI=1S/C28H34F4N4O3S.C28H35F3N4O4S.C15H16F3N3S.C13H21NO5/c1-5-16-9-18-21(19(28(30,31)32)10-33-23(18)40-16)34-11-27(12-34)13-35(14-27)24(37)22-17-7-6-15(8-20(17)29)36(22)25(38)39-26(2,3)4;1-5-16-9-18-21(19(28(29,30)31)10-32-23(18)40-16)33-11-27(12-33)13-34(14-27)24(37)22-17-7-6-15(8-20(17)36)35(22)25(38)39-26(2,3)4;1-2-9-3-10-12(21-7-14(8-21)5-19-6-14)11(15(16,17)18)4-20-13(10)22-9;1-13(2,3)19-12(18)14-7-4-5-8(9(15)6-7)10(14)11(16)17/h9-10,15,17,20,22H,5-8,11-14H2,1-4H3;9-10,15,17,20,22,36H,5-8,11-14H2,1-4H3;3-4,19H,2,5-8H2,1H3;7-10,15H,4-6H2,1-3H3,(H,16,17)/t15-,17+,20-,22-;15-,17+,20+,22-;;7-,8+,9+,10-/m00.0/s1. The Labute approximate surface area is 706 Å². The van der Waals surface area contributed by atoms with Crippen molar-refractivity contribution in [1.82, 2.24) is 44.8 Å². The predicted molar refractivity (Wildman–Crippen MR) is 435 cm³/mol. The van der Waals surface area contributed by atoms with Crippen molar-refractivity contribution in [3.8, 4) is 0 Å². The number of aryl methyl sites for hydroxylation is 3. The summed E-state index contributed by atoms with van der Waals surface area (Å²) in [6.45, 7) is 28.1. The first-order valence-electron chi connectivity index (χ1n) is 41.8. The fourth-order valence-electron chi connectivity index (χ4n) is 20.5. The van der Waals surface area contributed by atoms with Crippen LogP contribution in [0.1, 0.15) is 172 Å². The van der Waals surface area contributed by atoms with E-state index in [0.29, 0.717) is 153 Å². The lowest BCUT2D eigenvalue weighted by Crippen LogP contribution is -2.76. The summed E-state index contributed by atoms with van der Waals surface area (Å²) in [7, 11) is 0. The number of aliphatic hydroxyl groups excluding tert-OH is 2. The highest BCUT2D eigenvalue weighted by Gasteiger charge is 2.63. The number of amides is 5. The molecule has 121 heavy (non-hydrogen) atoms. The second kappa shape index (κ2) is 31.7. The van der Waals surface area contributed by atoms with Crippen LogP contribution < -0.4 is 20.0 Å². The van der Waals surface area contributed by atoms with Crippen LogP contribution in [-0.2, 0) is 66.4 Å². The third kappa shape index (κ3) is 17.0. The fraction of sp³-hybridized carbons (Fsp3) is 0.679. The maximum atomic E-state index is 15.0. The number of pyridine rings is 3. The third-order valence-electron chi connectivity index (χ3n) is 25.9. The highest BCUT2D eigenvalue weighted by molar-refractivity contribution is 7.19. The average Bonchev–Trinajstić information content (AvgIpc) is 1.46. The molecule has 12 aliphatic heterocycles. The van der Waals surface area contributed by atoms with Crippen molar-refractivity contribution in [1.29, 1.82) is 0 Å². The molecule has 3 aliphatic carbocycles.